The Morgan fingerprint density at radius 3 is 1.35 bits per heavy atom. The number of carbonyl (C=O) groups excluding carboxylic acids is 4. The molecule has 6 aromatic carbocycles. The molecule has 17 rings (SSSR count). The first-order valence-corrected chi connectivity index (χ1v) is 53.1. The van der Waals surface area contributed by atoms with Gasteiger partial charge in [-0.15, -0.1) is 11.3 Å². The smallest absolute Gasteiger partial charge is 0.236 e. The van der Waals surface area contributed by atoms with Crippen LogP contribution in [0.5, 0.6) is 11.6 Å². The molecule has 0 saturated heterocycles. The van der Waals surface area contributed by atoms with Gasteiger partial charge in [0.05, 0.1) is 74.0 Å². The normalized spacial score (nSPS) is 12.8. The van der Waals surface area contributed by atoms with Gasteiger partial charge in [0.1, 0.15) is 11.5 Å². The Bertz CT molecular complexity index is 5850. The number of methoxy groups -OCH3 is 2. The molecule has 150 heavy (non-hydrogen) atoms. The molecule has 10 heterocycles. The monoisotopic (exact) mass is 2060 g/mol. The van der Waals surface area contributed by atoms with Crippen molar-refractivity contribution in [1.29, 1.82) is 0 Å². The van der Waals surface area contributed by atoms with Crippen molar-refractivity contribution in [3.05, 3.63) is 327 Å². The number of pyridine rings is 3. The molecule has 3 amide bonds. The Labute approximate surface area is 907 Å². The molecule has 22 nitrogen and oxygen atoms in total. The van der Waals surface area contributed by atoms with Crippen LogP contribution >= 0.6 is 11.3 Å². The number of aromatic amines is 1. The number of ether oxygens (including phenoxy) is 2. The predicted molar refractivity (Wildman–Crippen MR) is 635 cm³/mol. The predicted octanol–water partition coefficient (Wildman–Crippen LogP) is 30.5. The number of carbonyl (C=O) groups is 4. The first kappa shape index (κ1) is 129. The van der Waals surface area contributed by atoms with Crippen LogP contribution in [0.2, 0.25) is 0 Å². The third kappa shape index (κ3) is 48.8. The summed E-state index contributed by atoms with van der Waals surface area (Å²) in [5.74, 6) is 2.88. The van der Waals surface area contributed by atoms with Crippen LogP contribution in [-0.2, 0) is 113 Å². The maximum Gasteiger partial charge on any atom is 0.236 e. The van der Waals surface area contributed by atoms with Gasteiger partial charge in [-0.25, -0.2) is 9.97 Å². The number of aromatic nitrogens is 10. The number of H-pyrrole nitrogens is 1. The molecule has 0 atom stereocenters. The van der Waals surface area contributed by atoms with Gasteiger partial charge in [-0.2, -0.15) is 15.3 Å². The van der Waals surface area contributed by atoms with Crippen LogP contribution in [0.25, 0.3) is 0 Å². The highest BCUT2D eigenvalue weighted by Gasteiger charge is 2.30. The number of nitrogens with two attached hydrogens (primary N) is 1. The highest BCUT2D eigenvalue weighted by atomic mass is 32.1. The van der Waals surface area contributed by atoms with E-state index in [2.05, 4.69) is 421 Å². The van der Waals surface area contributed by atoms with E-state index in [4.69, 9.17) is 15.2 Å². The zero-order valence-corrected chi connectivity index (χ0v) is 100. The summed E-state index contributed by atoms with van der Waals surface area (Å²) >= 11 is 1.66. The Kier molecular flexibility index (Phi) is 49.5. The molecule has 0 fully saturated rings. The number of Topliss-reactive ketones (excluding diaryl/α,β-unsaturated/α-hetero) is 1. The molecular weight excluding hydrogens is 1880 g/mol. The van der Waals surface area contributed by atoms with Gasteiger partial charge in [-0.3, -0.25) is 43.6 Å². The summed E-state index contributed by atoms with van der Waals surface area (Å²) in [6.07, 6.45) is 23.4. The maximum atomic E-state index is 11.3. The Morgan fingerprint density at radius 1 is 0.400 bits per heavy atom. The number of hydrogen-bond acceptors (Lipinski definition) is 17. The van der Waals surface area contributed by atoms with Crippen LogP contribution in [0.3, 0.4) is 0 Å². The van der Waals surface area contributed by atoms with Crippen molar-refractivity contribution >= 4 is 69.0 Å². The summed E-state index contributed by atoms with van der Waals surface area (Å²) < 4.78 is 13.8. The van der Waals surface area contributed by atoms with Crippen molar-refractivity contribution < 1.29 is 28.7 Å². The van der Waals surface area contributed by atoms with Crippen molar-refractivity contribution in [2.75, 3.05) is 46.5 Å². The van der Waals surface area contributed by atoms with Crippen LogP contribution < -0.4 is 41.8 Å². The number of amides is 3. The SMILES string of the molecule is CC(C)(C)Nc1ccccc1.CC(C)(C)c1ccc2c(c1)CC(=O)C2.CC(C)(C)c1ccc2c(c1)CC(=O)N2.CC(C)(C)c1cccc2c1CC(=O)N2.CC(C)(C)c1cccc2c1NC(=O)C2.CC(C)(C)c1cccnc1.CC(C)(C)c1ccncc1.CC(C)(C)c1cn[nH]c1.CC(C)(C)c1cscn1.CC(C)(C)n1cccn1.CC(C)C.COc1ccccc1NC(C)(C)C.COc1ncccc1N.Cn1cc(C(C)(C)C)cn1. The van der Waals surface area contributed by atoms with Crippen molar-refractivity contribution in [1.82, 2.24) is 49.7 Å². The first-order chi connectivity index (χ1) is 69.1. The molecule has 0 unspecified atom stereocenters. The summed E-state index contributed by atoms with van der Waals surface area (Å²) in [6, 6.07) is 56.7. The number of para-hydroxylation sites is 4. The number of rotatable bonds is 4. The average Bonchev–Trinajstić information content (AvgIpc) is 1.61. The lowest BCUT2D eigenvalue weighted by Crippen LogP contribution is -2.26. The van der Waals surface area contributed by atoms with Gasteiger partial charge >= 0.3 is 0 Å². The Balaban J connectivity index is 0.000000338. The second-order valence-corrected chi connectivity index (χ2v) is 51.6. The molecule has 23 heteroatoms. The quantitative estimate of drug-likeness (QED) is 0.0862. The fourth-order valence-electron chi connectivity index (χ4n) is 14.5. The largest absolute Gasteiger partial charge is 0.495 e. The fourth-order valence-corrected chi connectivity index (χ4v) is 15.3. The van der Waals surface area contributed by atoms with Gasteiger partial charge in [0.25, 0.3) is 0 Å². The molecule has 0 radical (unpaired) electrons. The van der Waals surface area contributed by atoms with Crippen molar-refractivity contribution in [2.24, 2.45) is 13.0 Å². The van der Waals surface area contributed by atoms with Crippen LogP contribution in [-0.4, -0.2) is 98.5 Å². The molecule has 0 bridgehead atoms. The van der Waals surface area contributed by atoms with E-state index in [-0.39, 0.29) is 83.1 Å². The molecule has 816 valence electrons. The summed E-state index contributed by atoms with van der Waals surface area (Å²) in [7, 11) is 5.16. The topological polar surface area (TPSA) is 289 Å². The average molecular weight is 2070 g/mol. The second kappa shape index (κ2) is 57.4. The summed E-state index contributed by atoms with van der Waals surface area (Å²) in [5, 5.41) is 32.3. The number of fused-ring (bicyclic) bond motifs is 4. The molecule has 13 aromatic rings. The van der Waals surface area contributed by atoms with Crippen molar-refractivity contribution in [2.45, 2.75) is 367 Å². The Morgan fingerprint density at radius 2 is 0.920 bits per heavy atom. The second-order valence-electron chi connectivity index (χ2n) is 50.9. The number of hydrogen-bond donors (Lipinski definition) is 7. The standard InChI is InChI=1S/C13H16O.3C12H15NO.C11H17NO.C10H15N.2C9H13N.C8H14N2.2C7H12N2.C7H11NS.C6H8N2O.C4H10/c1-13(2,3)11-5-4-9-7-12(14)8-10(9)6-11;1-12(2,3)9-4-5-10-8(6-9)7-11(14)13-10;1-12(2,3)9-5-4-6-10-8(9)7-11(14)13-10;1-12(2,3)9-6-4-5-8-7-10(14)13-11(8)9;1-11(2,3)12-9-7-5-6-8-10(9)13-4;1-10(2,3)11-9-7-5-4-6-8-9;1-9(2,3)8-4-6-10-7-5-8;1-9(2,3)8-5-4-6-10-7-8;1-8(2,3)7-5-9-10(4)6-7;1-7(2,3)6-4-8-9-5-6;1-7(2,3)9-6-4-5-8-9;1-7(2,3)6-4-9-5-8-6;1-9-6-5(7)3-2-4-8-6;1-4(2)3/h4-6H,7-8H2,1-3H3;3*4-6H,7H2,1-3H3,(H,13,14);5-8,12H,1-4H3;4-8,11H,1-3H3;2*4-7H,1-3H3;5-6H,1-4H3;4-5H,1-3H3,(H,8,9);4-6H,1-3H3;4-5H,1-3H3;2-4H,7H2,1H3;4H,1-3H3. The summed E-state index contributed by atoms with van der Waals surface area (Å²) in [5.41, 5.74) is 32.5. The maximum absolute atomic E-state index is 11.3. The van der Waals surface area contributed by atoms with Gasteiger partial charge in [0.15, 0.2) is 0 Å². The number of anilines is 6. The molecule has 0 spiro atoms. The lowest BCUT2D eigenvalue weighted by Gasteiger charge is -2.23. The minimum absolute atomic E-state index is 0.0641. The first-order valence-electron chi connectivity index (χ1n) is 52.2. The molecule has 0 saturated carbocycles. The van der Waals surface area contributed by atoms with E-state index in [1.165, 1.54) is 72.6 Å². The highest BCUT2D eigenvalue weighted by Crippen LogP contribution is 2.38. The van der Waals surface area contributed by atoms with Gasteiger partial charge in [0.2, 0.25) is 23.6 Å². The van der Waals surface area contributed by atoms with E-state index in [1.807, 2.05) is 150 Å². The number of aryl methyl sites for hydroxylation is 1. The molecule has 1 aliphatic carbocycles. The van der Waals surface area contributed by atoms with E-state index in [0.717, 1.165) is 45.5 Å². The Hall–Kier alpha value is -12.9. The van der Waals surface area contributed by atoms with Gasteiger partial charge in [-0.05, 0) is 257 Å². The lowest BCUT2D eigenvalue weighted by atomic mass is 9.83. The van der Waals surface area contributed by atoms with Crippen LogP contribution in [0.4, 0.5) is 34.1 Å². The highest BCUT2D eigenvalue weighted by molar-refractivity contribution is 7.07. The van der Waals surface area contributed by atoms with Gasteiger partial charge < -0.3 is 41.8 Å². The number of benzene rings is 6. The molecule has 3 aliphatic heterocycles. The molecular formula is C127H186N16O6S. The fraction of sp³-hybridized carbons (Fsp3) is 0.472. The third-order valence-corrected chi connectivity index (χ3v) is 23.5. The van der Waals surface area contributed by atoms with Crippen molar-refractivity contribution in [3.63, 3.8) is 0 Å². The van der Waals surface area contributed by atoms with E-state index >= 15 is 0 Å². The number of nitrogens with one attached hydrogen (secondary N) is 6. The lowest BCUT2D eigenvalue weighted by molar-refractivity contribution is -0.117. The van der Waals surface area contributed by atoms with Crippen LogP contribution in [0.1, 0.15) is 348 Å². The van der Waals surface area contributed by atoms with E-state index in [9.17, 15) is 19.2 Å². The number of nitrogen functional groups attached to an aromatic ring is 1. The summed E-state index contributed by atoms with van der Waals surface area (Å²) in [6.45, 7) is 84.5. The van der Waals surface area contributed by atoms with Crippen molar-refractivity contribution in [3.8, 4) is 11.6 Å². The van der Waals surface area contributed by atoms with E-state index < -0.39 is 0 Å². The minimum atomic E-state index is 0.0641. The number of nitrogens with zero attached hydrogens (tertiary/aromatic N) is 9. The van der Waals surface area contributed by atoms with Gasteiger partial charge in [0, 0.05) is 120 Å². The third-order valence-electron chi connectivity index (χ3n) is 22.9. The number of ketones is 1. The van der Waals surface area contributed by atoms with Crippen LogP contribution in [0.15, 0.2) is 249 Å². The molecule has 4 aliphatic rings. The minimum Gasteiger partial charge on any atom is -0.495 e. The number of thiazole rings is 1. The summed E-state index contributed by atoms with van der Waals surface area (Å²) in [4.78, 5) is 61.0. The molecule has 8 N–H and O–H groups in total. The van der Waals surface area contributed by atoms with E-state index in [0.29, 0.717) is 49.5 Å². The zero-order valence-electron chi connectivity index (χ0n) is 99.2. The zero-order chi connectivity index (χ0) is 114. The molecule has 7 aromatic heterocycles. The van der Waals surface area contributed by atoms with E-state index in [1.54, 1.807) is 56.3 Å². The van der Waals surface area contributed by atoms with Gasteiger partial charge in [-0.1, -0.05) is 305 Å². The van der Waals surface area contributed by atoms with Crippen LogP contribution in [0, 0.1) is 5.92 Å².